The lowest BCUT2D eigenvalue weighted by Gasteiger charge is -2.19. The second-order valence-electron chi connectivity index (χ2n) is 5.70. The molecule has 0 saturated heterocycles. The number of nitrogens with zero attached hydrogens (tertiary/aromatic N) is 1. The van der Waals surface area contributed by atoms with Crippen LogP contribution in [0.5, 0.6) is 0 Å². The van der Waals surface area contributed by atoms with Gasteiger partial charge in [0.15, 0.2) is 0 Å². The summed E-state index contributed by atoms with van der Waals surface area (Å²) in [5.41, 5.74) is -0.975. The lowest BCUT2D eigenvalue weighted by atomic mass is 10.0. The van der Waals surface area contributed by atoms with Crippen LogP contribution in [-0.2, 0) is 21.0 Å². The number of carbonyl (C=O) groups is 1. The molecule has 0 unspecified atom stereocenters. The summed E-state index contributed by atoms with van der Waals surface area (Å²) in [4.78, 5) is 11.6. The summed E-state index contributed by atoms with van der Waals surface area (Å²) in [6.07, 6.45) is -4.41. The van der Waals surface area contributed by atoms with E-state index in [4.69, 9.17) is 5.26 Å². The average molecular weight is 377 g/mol. The number of hydrogen-bond donors (Lipinski definition) is 2. The molecule has 1 amide bonds. The van der Waals surface area contributed by atoms with E-state index < -0.39 is 33.7 Å². The summed E-state index contributed by atoms with van der Waals surface area (Å²) in [5.74, 6) is -0.709. The van der Waals surface area contributed by atoms with Crippen molar-refractivity contribution in [3.8, 4) is 6.07 Å². The van der Waals surface area contributed by atoms with E-state index in [2.05, 4.69) is 10.0 Å². The number of halogens is 3. The van der Waals surface area contributed by atoms with Gasteiger partial charge in [0, 0.05) is 0 Å². The molecule has 0 aliphatic heterocycles. The highest BCUT2D eigenvalue weighted by Gasteiger charge is 2.31. The third-order valence-electron chi connectivity index (χ3n) is 3.15. The zero-order chi connectivity index (χ0) is 19.3. The zero-order valence-corrected chi connectivity index (χ0v) is 14.4. The van der Waals surface area contributed by atoms with Crippen LogP contribution in [0.25, 0.3) is 0 Å². The maximum Gasteiger partial charge on any atom is 0.416 e. The molecule has 25 heavy (non-hydrogen) atoms. The van der Waals surface area contributed by atoms with Gasteiger partial charge in [0.05, 0.1) is 16.5 Å². The highest BCUT2D eigenvalue weighted by atomic mass is 32.2. The minimum Gasteiger partial charge on any atom is -0.342 e. The second-order valence-corrected chi connectivity index (χ2v) is 7.42. The van der Waals surface area contributed by atoms with Gasteiger partial charge < -0.3 is 5.32 Å². The molecule has 10 heteroatoms. The molecular weight excluding hydrogens is 359 g/mol. The van der Waals surface area contributed by atoms with Gasteiger partial charge >= 0.3 is 6.18 Å². The van der Waals surface area contributed by atoms with Gasteiger partial charge in [0.1, 0.15) is 12.6 Å². The Kier molecular flexibility index (Phi) is 6.96. The minimum atomic E-state index is -4.58. The summed E-state index contributed by atoms with van der Waals surface area (Å²) in [6, 6.07) is 3.53. The third-order valence-corrected chi connectivity index (χ3v) is 4.64. The quantitative estimate of drug-likeness (QED) is 0.711. The molecule has 0 spiro atoms. The van der Waals surface area contributed by atoms with Crippen LogP contribution in [0.2, 0.25) is 0 Å². The highest BCUT2D eigenvalue weighted by molar-refractivity contribution is 7.89. The van der Waals surface area contributed by atoms with Crippen molar-refractivity contribution in [2.75, 3.05) is 6.54 Å². The van der Waals surface area contributed by atoms with Crippen molar-refractivity contribution >= 4 is 15.9 Å². The SMILES string of the molecule is CC(C)C[C@H](NS(=O)(=O)c1ccc(C(F)(F)F)cc1)C(=O)NCC#N. The molecule has 0 aliphatic rings. The van der Waals surface area contributed by atoms with E-state index in [0.717, 1.165) is 12.1 Å². The summed E-state index contributed by atoms with van der Waals surface area (Å²) in [6.45, 7) is 3.27. The van der Waals surface area contributed by atoms with E-state index in [-0.39, 0.29) is 23.8 Å². The van der Waals surface area contributed by atoms with E-state index >= 15 is 0 Å². The van der Waals surface area contributed by atoms with Gasteiger partial charge in [-0.2, -0.15) is 23.2 Å². The Morgan fingerprint density at radius 2 is 1.80 bits per heavy atom. The first kappa shape index (κ1) is 20.9. The lowest BCUT2D eigenvalue weighted by molar-refractivity contribution is -0.137. The number of hydrogen-bond acceptors (Lipinski definition) is 4. The molecule has 0 saturated carbocycles. The Labute approximate surface area is 144 Å². The number of sulfonamides is 1. The molecule has 1 aromatic carbocycles. The molecular formula is C15H18F3N3O3S. The van der Waals surface area contributed by atoms with Crippen molar-refractivity contribution < 1.29 is 26.4 Å². The van der Waals surface area contributed by atoms with E-state index in [9.17, 15) is 26.4 Å². The maximum atomic E-state index is 12.5. The van der Waals surface area contributed by atoms with Gasteiger partial charge in [-0.1, -0.05) is 13.8 Å². The van der Waals surface area contributed by atoms with Crippen molar-refractivity contribution in [2.45, 2.75) is 37.4 Å². The minimum absolute atomic E-state index is 0.0341. The summed E-state index contributed by atoms with van der Waals surface area (Å²) in [5, 5.41) is 10.8. The second kappa shape index (κ2) is 8.31. The van der Waals surface area contributed by atoms with E-state index in [1.165, 1.54) is 0 Å². The normalized spacial score (nSPS) is 13.3. The molecule has 1 rings (SSSR count). The van der Waals surface area contributed by atoms with Gasteiger partial charge in [0.25, 0.3) is 0 Å². The van der Waals surface area contributed by atoms with Crippen LogP contribution in [0.3, 0.4) is 0 Å². The fourth-order valence-electron chi connectivity index (χ4n) is 2.01. The van der Waals surface area contributed by atoms with Crippen molar-refractivity contribution in [2.24, 2.45) is 5.92 Å². The van der Waals surface area contributed by atoms with Gasteiger partial charge in [-0.3, -0.25) is 4.79 Å². The molecule has 0 fully saturated rings. The number of nitrogens with one attached hydrogen (secondary N) is 2. The highest BCUT2D eigenvalue weighted by Crippen LogP contribution is 2.29. The fraction of sp³-hybridized carbons (Fsp3) is 0.467. The summed E-state index contributed by atoms with van der Waals surface area (Å²) < 4.78 is 64.5. The van der Waals surface area contributed by atoms with Crippen LogP contribution in [0, 0.1) is 17.2 Å². The topological polar surface area (TPSA) is 99.1 Å². The van der Waals surface area contributed by atoms with Crippen LogP contribution in [0.1, 0.15) is 25.8 Å². The number of nitriles is 1. The molecule has 1 aromatic rings. The van der Waals surface area contributed by atoms with E-state index in [0.29, 0.717) is 12.1 Å². The van der Waals surface area contributed by atoms with Crippen molar-refractivity contribution in [1.82, 2.24) is 10.0 Å². The Morgan fingerprint density at radius 3 is 2.24 bits per heavy atom. The molecule has 2 N–H and O–H groups in total. The number of amides is 1. The van der Waals surface area contributed by atoms with Crippen LogP contribution >= 0.6 is 0 Å². The summed E-state index contributed by atoms with van der Waals surface area (Å²) >= 11 is 0. The molecule has 0 bridgehead atoms. The monoisotopic (exact) mass is 377 g/mol. The first-order valence-electron chi connectivity index (χ1n) is 7.31. The van der Waals surface area contributed by atoms with Crippen LogP contribution in [0.4, 0.5) is 13.2 Å². The third kappa shape index (κ3) is 6.36. The van der Waals surface area contributed by atoms with Crippen LogP contribution in [0.15, 0.2) is 29.2 Å². The molecule has 1 atom stereocenters. The molecule has 0 aromatic heterocycles. The van der Waals surface area contributed by atoms with E-state index in [1.807, 2.05) is 0 Å². The Balaban J connectivity index is 3.01. The Hall–Kier alpha value is -2.12. The number of carbonyl (C=O) groups excluding carboxylic acids is 1. The predicted molar refractivity (Wildman–Crippen MR) is 83.6 cm³/mol. The molecule has 6 nitrogen and oxygen atoms in total. The maximum absolute atomic E-state index is 12.5. The zero-order valence-electron chi connectivity index (χ0n) is 13.6. The largest absolute Gasteiger partial charge is 0.416 e. The van der Waals surface area contributed by atoms with Crippen molar-refractivity contribution in [3.63, 3.8) is 0 Å². The number of rotatable bonds is 7. The van der Waals surface area contributed by atoms with Crippen LogP contribution in [-0.4, -0.2) is 26.9 Å². The number of alkyl halides is 3. The first-order valence-corrected chi connectivity index (χ1v) is 8.80. The molecule has 0 radical (unpaired) electrons. The smallest absolute Gasteiger partial charge is 0.342 e. The Morgan fingerprint density at radius 1 is 1.24 bits per heavy atom. The summed E-state index contributed by atoms with van der Waals surface area (Å²) in [7, 11) is -4.20. The molecule has 138 valence electrons. The first-order chi connectivity index (χ1) is 11.5. The van der Waals surface area contributed by atoms with Gasteiger partial charge in [-0.25, -0.2) is 8.42 Å². The van der Waals surface area contributed by atoms with Gasteiger partial charge in [0.2, 0.25) is 15.9 Å². The van der Waals surface area contributed by atoms with E-state index in [1.54, 1.807) is 19.9 Å². The van der Waals surface area contributed by atoms with Gasteiger partial charge in [-0.15, -0.1) is 0 Å². The van der Waals surface area contributed by atoms with Crippen molar-refractivity contribution in [3.05, 3.63) is 29.8 Å². The van der Waals surface area contributed by atoms with Crippen molar-refractivity contribution in [1.29, 1.82) is 5.26 Å². The Bertz CT molecular complexity index is 738. The fourth-order valence-corrected chi connectivity index (χ4v) is 3.22. The van der Waals surface area contributed by atoms with Crippen LogP contribution < -0.4 is 10.0 Å². The lowest BCUT2D eigenvalue weighted by Crippen LogP contribution is -2.47. The number of benzene rings is 1. The standard InChI is InChI=1S/C15H18F3N3O3S/c1-10(2)9-13(14(22)20-8-7-19)21-25(23,24)12-5-3-11(4-6-12)15(16,17)18/h3-6,10,13,21H,8-9H2,1-2H3,(H,20,22)/t13-/m0/s1. The van der Waals surface area contributed by atoms with Gasteiger partial charge in [-0.05, 0) is 36.6 Å². The average Bonchev–Trinajstić information content (AvgIpc) is 2.50. The molecule has 0 aliphatic carbocycles. The molecule has 0 heterocycles. The predicted octanol–water partition coefficient (Wildman–Crippen LogP) is 2.04.